The van der Waals surface area contributed by atoms with Crippen LogP contribution in [0.1, 0.15) is 9.75 Å². The molecule has 0 saturated carbocycles. The van der Waals surface area contributed by atoms with Gasteiger partial charge in [-0.25, -0.2) is 0 Å². The number of ether oxygens (including phenoxy) is 1. The Bertz CT molecular complexity index is 861. The SMILES string of the molecule is O=C(NCc1cccs1)C1C2C=CC3(CN(Cc4cccs4)C(=O)C13)O2. The van der Waals surface area contributed by atoms with E-state index in [4.69, 9.17) is 4.74 Å². The van der Waals surface area contributed by atoms with Crippen molar-refractivity contribution in [3.05, 3.63) is 56.9 Å². The van der Waals surface area contributed by atoms with E-state index in [1.807, 2.05) is 52.1 Å². The number of hydrogen-bond donors (Lipinski definition) is 1. The lowest BCUT2D eigenvalue weighted by molar-refractivity contribution is -0.137. The fourth-order valence-electron chi connectivity index (χ4n) is 4.31. The minimum absolute atomic E-state index is 0.0292. The number of amides is 2. The maximum atomic E-state index is 13.1. The molecule has 26 heavy (non-hydrogen) atoms. The number of nitrogens with one attached hydrogen (secondary N) is 1. The molecule has 5 heterocycles. The average Bonchev–Trinajstić information content (AvgIpc) is 3.43. The molecule has 0 aliphatic carbocycles. The van der Waals surface area contributed by atoms with E-state index in [0.717, 1.165) is 9.75 Å². The first-order valence-corrected chi connectivity index (χ1v) is 10.4. The highest BCUT2D eigenvalue weighted by molar-refractivity contribution is 7.10. The van der Waals surface area contributed by atoms with Crippen LogP contribution < -0.4 is 5.32 Å². The molecule has 4 atom stereocenters. The summed E-state index contributed by atoms with van der Waals surface area (Å²) in [4.78, 5) is 30.0. The van der Waals surface area contributed by atoms with Crippen molar-refractivity contribution in [1.29, 1.82) is 0 Å². The molecule has 2 bridgehead atoms. The van der Waals surface area contributed by atoms with Crippen LogP contribution in [0.5, 0.6) is 0 Å². The number of nitrogens with zero attached hydrogens (tertiary/aromatic N) is 1. The van der Waals surface area contributed by atoms with E-state index in [1.165, 1.54) is 0 Å². The Balaban J connectivity index is 1.35. The summed E-state index contributed by atoms with van der Waals surface area (Å²) in [5, 5.41) is 6.99. The Morgan fingerprint density at radius 2 is 2.04 bits per heavy atom. The monoisotopic (exact) mass is 386 g/mol. The molecule has 5 rings (SSSR count). The lowest BCUT2D eigenvalue weighted by atomic mass is 9.77. The summed E-state index contributed by atoms with van der Waals surface area (Å²) < 4.78 is 6.15. The molecule has 2 saturated heterocycles. The lowest BCUT2D eigenvalue weighted by Crippen LogP contribution is -2.43. The van der Waals surface area contributed by atoms with Crippen LogP contribution in [0.2, 0.25) is 0 Å². The van der Waals surface area contributed by atoms with Gasteiger partial charge in [0.2, 0.25) is 11.8 Å². The maximum Gasteiger partial charge on any atom is 0.230 e. The van der Waals surface area contributed by atoms with E-state index in [1.54, 1.807) is 22.7 Å². The lowest BCUT2D eigenvalue weighted by Gasteiger charge is -2.23. The number of thiophene rings is 2. The van der Waals surface area contributed by atoms with Gasteiger partial charge in [0.1, 0.15) is 5.60 Å². The first-order chi connectivity index (χ1) is 12.7. The van der Waals surface area contributed by atoms with E-state index < -0.39 is 17.4 Å². The molecular formula is C19H18N2O3S2. The maximum absolute atomic E-state index is 13.1. The van der Waals surface area contributed by atoms with Crippen LogP contribution >= 0.6 is 22.7 Å². The minimum atomic E-state index is -0.635. The summed E-state index contributed by atoms with van der Waals surface area (Å²) in [6, 6.07) is 7.98. The third kappa shape index (κ3) is 2.46. The molecule has 0 aromatic carbocycles. The van der Waals surface area contributed by atoms with Gasteiger partial charge in [0, 0.05) is 9.75 Å². The van der Waals surface area contributed by atoms with E-state index in [0.29, 0.717) is 19.6 Å². The smallest absolute Gasteiger partial charge is 0.230 e. The van der Waals surface area contributed by atoms with Crippen LogP contribution in [0.3, 0.4) is 0 Å². The summed E-state index contributed by atoms with van der Waals surface area (Å²) in [5.74, 6) is -0.922. The van der Waals surface area contributed by atoms with Gasteiger partial charge in [-0.1, -0.05) is 24.3 Å². The molecule has 2 fully saturated rings. The van der Waals surface area contributed by atoms with Gasteiger partial charge in [-0.15, -0.1) is 22.7 Å². The fraction of sp³-hybridized carbons (Fsp3) is 0.368. The normalized spacial score (nSPS) is 31.6. The van der Waals surface area contributed by atoms with Gasteiger partial charge in [-0.3, -0.25) is 9.59 Å². The Morgan fingerprint density at radius 1 is 1.27 bits per heavy atom. The average molecular weight is 386 g/mol. The van der Waals surface area contributed by atoms with Gasteiger partial charge in [-0.05, 0) is 22.9 Å². The highest BCUT2D eigenvalue weighted by Crippen LogP contribution is 2.52. The van der Waals surface area contributed by atoms with Gasteiger partial charge in [0.05, 0.1) is 37.6 Å². The van der Waals surface area contributed by atoms with Gasteiger partial charge in [-0.2, -0.15) is 0 Å². The summed E-state index contributed by atoms with van der Waals surface area (Å²) >= 11 is 3.25. The molecule has 5 nitrogen and oxygen atoms in total. The molecule has 2 aromatic heterocycles. The predicted molar refractivity (Wildman–Crippen MR) is 99.6 cm³/mol. The minimum Gasteiger partial charge on any atom is -0.360 e. The summed E-state index contributed by atoms with van der Waals surface area (Å²) in [6.07, 6.45) is 3.65. The van der Waals surface area contributed by atoms with E-state index in [9.17, 15) is 9.59 Å². The van der Waals surface area contributed by atoms with E-state index in [-0.39, 0.29) is 17.9 Å². The third-order valence-corrected chi connectivity index (χ3v) is 7.16. The van der Waals surface area contributed by atoms with Crippen molar-refractivity contribution in [2.45, 2.75) is 24.8 Å². The van der Waals surface area contributed by atoms with Crippen LogP contribution in [0.4, 0.5) is 0 Å². The first kappa shape index (κ1) is 16.2. The summed E-state index contributed by atoms with van der Waals surface area (Å²) in [7, 11) is 0. The second-order valence-corrected chi connectivity index (χ2v) is 9.04. The van der Waals surface area contributed by atoms with Crippen LogP contribution in [0, 0.1) is 11.8 Å². The number of carbonyl (C=O) groups is 2. The molecule has 0 radical (unpaired) electrons. The fourth-order valence-corrected chi connectivity index (χ4v) is 5.67. The van der Waals surface area contributed by atoms with Crippen LogP contribution in [-0.4, -0.2) is 35.0 Å². The zero-order valence-electron chi connectivity index (χ0n) is 14.0. The van der Waals surface area contributed by atoms with Crippen molar-refractivity contribution in [3.8, 4) is 0 Å². The van der Waals surface area contributed by atoms with Crippen LogP contribution in [0.15, 0.2) is 47.2 Å². The number of fused-ring (bicyclic) bond motifs is 1. The second kappa shape index (κ2) is 6.04. The number of hydrogen-bond acceptors (Lipinski definition) is 5. The molecule has 1 spiro atoms. The second-order valence-electron chi connectivity index (χ2n) is 6.97. The number of carbonyl (C=O) groups excluding carboxylic acids is 2. The molecule has 7 heteroatoms. The Hall–Kier alpha value is -1.96. The van der Waals surface area contributed by atoms with Gasteiger partial charge >= 0.3 is 0 Å². The third-order valence-electron chi connectivity index (χ3n) is 5.43. The van der Waals surface area contributed by atoms with Crippen molar-refractivity contribution in [2.75, 3.05) is 6.54 Å². The predicted octanol–water partition coefficient (Wildman–Crippen LogP) is 2.41. The standard InChI is InChI=1S/C19H18N2O3S2/c22-17(20-9-12-3-1-7-25-12)15-14-5-6-19(24-14)11-21(18(23)16(15)19)10-13-4-2-8-26-13/h1-8,14-16H,9-11H2,(H,20,22). The summed E-state index contributed by atoms with van der Waals surface area (Å²) in [5.41, 5.74) is -0.635. The quantitative estimate of drug-likeness (QED) is 0.803. The molecule has 3 aliphatic rings. The van der Waals surface area contributed by atoms with Gasteiger partial charge in [0.15, 0.2) is 0 Å². The highest BCUT2D eigenvalue weighted by atomic mass is 32.1. The van der Waals surface area contributed by atoms with Crippen molar-refractivity contribution in [2.24, 2.45) is 11.8 Å². The Kier molecular flexibility index (Phi) is 3.77. The Morgan fingerprint density at radius 3 is 2.77 bits per heavy atom. The zero-order chi connectivity index (χ0) is 17.7. The molecule has 4 unspecified atom stereocenters. The van der Waals surface area contributed by atoms with Crippen LogP contribution in [0.25, 0.3) is 0 Å². The number of rotatable bonds is 5. The zero-order valence-corrected chi connectivity index (χ0v) is 15.6. The Labute approximate surface area is 159 Å². The molecule has 134 valence electrons. The first-order valence-electron chi connectivity index (χ1n) is 8.65. The highest BCUT2D eigenvalue weighted by Gasteiger charge is 2.66. The van der Waals surface area contributed by atoms with E-state index in [2.05, 4.69) is 5.32 Å². The van der Waals surface area contributed by atoms with Gasteiger partial charge < -0.3 is 15.0 Å². The van der Waals surface area contributed by atoms with Crippen molar-refractivity contribution in [1.82, 2.24) is 10.2 Å². The van der Waals surface area contributed by atoms with Gasteiger partial charge in [0.25, 0.3) is 0 Å². The van der Waals surface area contributed by atoms with Crippen molar-refractivity contribution in [3.63, 3.8) is 0 Å². The molecule has 1 N–H and O–H groups in total. The molecular weight excluding hydrogens is 368 g/mol. The number of likely N-dealkylation sites (tertiary alicyclic amines) is 1. The van der Waals surface area contributed by atoms with Crippen molar-refractivity contribution < 1.29 is 14.3 Å². The largest absolute Gasteiger partial charge is 0.360 e. The summed E-state index contributed by atoms with van der Waals surface area (Å²) in [6.45, 7) is 1.60. The topological polar surface area (TPSA) is 58.6 Å². The van der Waals surface area contributed by atoms with E-state index >= 15 is 0 Å². The molecule has 3 aliphatic heterocycles. The molecule has 2 aromatic rings. The van der Waals surface area contributed by atoms with Crippen molar-refractivity contribution >= 4 is 34.5 Å². The molecule has 2 amide bonds. The van der Waals surface area contributed by atoms with Crippen LogP contribution in [-0.2, 0) is 27.4 Å².